The van der Waals surface area contributed by atoms with Crippen LogP contribution in [0.3, 0.4) is 0 Å². The number of nitrogens with one attached hydrogen (secondary N) is 1. The van der Waals surface area contributed by atoms with Gasteiger partial charge in [0, 0.05) is 19.2 Å². The van der Waals surface area contributed by atoms with Gasteiger partial charge in [-0.2, -0.15) is 0 Å². The van der Waals surface area contributed by atoms with Gasteiger partial charge in [0.1, 0.15) is 0 Å². The van der Waals surface area contributed by atoms with E-state index in [-0.39, 0.29) is 0 Å². The van der Waals surface area contributed by atoms with Crippen molar-refractivity contribution in [2.24, 2.45) is 0 Å². The second kappa shape index (κ2) is 4.17. The van der Waals surface area contributed by atoms with Gasteiger partial charge in [-0.05, 0) is 26.2 Å². The zero-order valence-electron chi connectivity index (χ0n) is 8.96. The first kappa shape index (κ1) is 10.4. The van der Waals surface area contributed by atoms with Gasteiger partial charge >= 0.3 is 0 Å². The molecule has 1 heterocycles. The molecule has 2 rings (SSSR count). The molecule has 0 amide bonds. The van der Waals surface area contributed by atoms with E-state index in [2.05, 4.69) is 12.2 Å². The van der Waals surface area contributed by atoms with Crippen LogP contribution in [0.15, 0.2) is 0 Å². The highest BCUT2D eigenvalue weighted by Gasteiger charge is 2.33. The lowest BCUT2D eigenvalue weighted by Crippen LogP contribution is -2.45. The summed E-state index contributed by atoms with van der Waals surface area (Å²) in [5.41, 5.74) is -0.428. The van der Waals surface area contributed by atoms with Crippen molar-refractivity contribution in [3.8, 4) is 0 Å². The van der Waals surface area contributed by atoms with Crippen LogP contribution < -0.4 is 5.32 Å². The molecular formula is C11H21NO2. The summed E-state index contributed by atoms with van der Waals surface area (Å²) in [5.74, 6) is 0. The number of hydrogen-bond acceptors (Lipinski definition) is 3. The van der Waals surface area contributed by atoms with Gasteiger partial charge in [0.15, 0.2) is 0 Å². The molecule has 2 fully saturated rings. The molecule has 0 aromatic rings. The maximum Gasteiger partial charge on any atom is 0.0771 e. The molecule has 0 aromatic carbocycles. The Kier molecular flexibility index (Phi) is 3.10. The third-order valence-corrected chi connectivity index (χ3v) is 3.60. The van der Waals surface area contributed by atoms with E-state index in [1.807, 2.05) is 0 Å². The highest BCUT2D eigenvalue weighted by atomic mass is 16.5. The maximum absolute atomic E-state index is 10.1. The second-order valence-electron chi connectivity index (χ2n) is 4.78. The summed E-state index contributed by atoms with van der Waals surface area (Å²) in [7, 11) is 0. The van der Waals surface area contributed by atoms with Crippen LogP contribution in [0.2, 0.25) is 0 Å². The Bertz CT molecular complexity index is 190. The first-order valence-corrected chi connectivity index (χ1v) is 5.77. The predicted octanol–water partition coefficient (Wildman–Crippen LogP) is 1.06. The third-order valence-electron chi connectivity index (χ3n) is 3.60. The van der Waals surface area contributed by atoms with Gasteiger partial charge in [-0.3, -0.25) is 0 Å². The molecule has 14 heavy (non-hydrogen) atoms. The van der Waals surface area contributed by atoms with Crippen molar-refractivity contribution < 1.29 is 9.84 Å². The fourth-order valence-corrected chi connectivity index (χ4v) is 2.53. The van der Waals surface area contributed by atoms with E-state index in [0.29, 0.717) is 12.1 Å². The van der Waals surface area contributed by atoms with Crippen LogP contribution in [0.4, 0.5) is 0 Å². The standard InChI is InChI=1S/C11H21NO2/c1-9-10(4-7-14-9)12-8-11(13)5-2-3-6-11/h9-10,12-13H,2-8H2,1H3/t9-,10-/m1/s1. The Morgan fingerprint density at radius 1 is 1.43 bits per heavy atom. The number of rotatable bonds is 3. The molecule has 1 aliphatic heterocycles. The summed E-state index contributed by atoms with van der Waals surface area (Å²) in [4.78, 5) is 0. The Morgan fingerprint density at radius 3 is 2.71 bits per heavy atom. The molecule has 0 unspecified atom stereocenters. The molecule has 2 aliphatic rings. The van der Waals surface area contributed by atoms with Crippen molar-refractivity contribution in [1.29, 1.82) is 0 Å². The average molecular weight is 199 g/mol. The minimum Gasteiger partial charge on any atom is -0.389 e. The largest absolute Gasteiger partial charge is 0.389 e. The number of aliphatic hydroxyl groups is 1. The molecule has 2 atom stereocenters. The predicted molar refractivity (Wildman–Crippen MR) is 55.2 cm³/mol. The number of ether oxygens (including phenoxy) is 1. The van der Waals surface area contributed by atoms with Crippen LogP contribution in [-0.4, -0.2) is 36.0 Å². The van der Waals surface area contributed by atoms with Crippen molar-refractivity contribution in [3.05, 3.63) is 0 Å². The molecule has 1 aliphatic carbocycles. The lowest BCUT2D eigenvalue weighted by Gasteiger charge is -2.26. The van der Waals surface area contributed by atoms with Crippen molar-refractivity contribution >= 4 is 0 Å². The van der Waals surface area contributed by atoms with E-state index < -0.39 is 5.60 Å². The maximum atomic E-state index is 10.1. The van der Waals surface area contributed by atoms with Gasteiger partial charge in [0.25, 0.3) is 0 Å². The highest BCUT2D eigenvalue weighted by molar-refractivity contribution is 4.89. The molecule has 82 valence electrons. The smallest absolute Gasteiger partial charge is 0.0771 e. The number of hydrogen-bond donors (Lipinski definition) is 2. The Labute approximate surface area is 85.8 Å². The molecule has 1 saturated carbocycles. The van der Waals surface area contributed by atoms with E-state index in [1.165, 1.54) is 12.8 Å². The zero-order chi connectivity index (χ0) is 10.0. The lowest BCUT2D eigenvalue weighted by atomic mass is 10.0. The summed E-state index contributed by atoms with van der Waals surface area (Å²) in [6, 6.07) is 0.444. The third kappa shape index (κ3) is 2.27. The molecule has 0 radical (unpaired) electrons. The van der Waals surface area contributed by atoms with Gasteiger partial charge in [-0.25, -0.2) is 0 Å². The van der Waals surface area contributed by atoms with Gasteiger partial charge in [0.2, 0.25) is 0 Å². The summed E-state index contributed by atoms with van der Waals surface area (Å²) < 4.78 is 5.47. The summed E-state index contributed by atoms with van der Waals surface area (Å²) in [6.07, 6.45) is 5.66. The molecular weight excluding hydrogens is 178 g/mol. The molecule has 0 bridgehead atoms. The Morgan fingerprint density at radius 2 is 2.14 bits per heavy atom. The second-order valence-corrected chi connectivity index (χ2v) is 4.78. The molecule has 0 aromatic heterocycles. The monoisotopic (exact) mass is 199 g/mol. The molecule has 0 spiro atoms. The van der Waals surface area contributed by atoms with Gasteiger partial charge < -0.3 is 15.2 Å². The van der Waals surface area contributed by atoms with Crippen LogP contribution in [0.25, 0.3) is 0 Å². The van der Waals surface area contributed by atoms with E-state index in [4.69, 9.17) is 4.74 Å². The first-order chi connectivity index (χ1) is 6.70. The fourth-order valence-electron chi connectivity index (χ4n) is 2.53. The Balaban J connectivity index is 1.75. The fraction of sp³-hybridized carbons (Fsp3) is 1.00. The zero-order valence-corrected chi connectivity index (χ0v) is 8.96. The molecule has 2 N–H and O–H groups in total. The van der Waals surface area contributed by atoms with Crippen molar-refractivity contribution in [2.45, 2.75) is 56.8 Å². The van der Waals surface area contributed by atoms with Crippen LogP contribution in [0.1, 0.15) is 39.0 Å². The van der Waals surface area contributed by atoms with Crippen molar-refractivity contribution in [3.63, 3.8) is 0 Å². The molecule has 1 saturated heterocycles. The van der Waals surface area contributed by atoms with E-state index in [0.717, 1.165) is 32.4 Å². The van der Waals surface area contributed by atoms with Crippen molar-refractivity contribution in [1.82, 2.24) is 5.32 Å². The summed E-state index contributed by atoms with van der Waals surface area (Å²) in [5, 5.41) is 13.6. The highest BCUT2D eigenvalue weighted by Crippen LogP contribution is 2.29. The van der Waals surface area contributed by atoms with Crippen molar-refractivity contribution in [2.75, 3.05) is 13.2 Å². The molecule has 3 nitrogen and oxygen atoms in total. The van der Waals surface area contributed by atoms with E-state index >= 15 is 0 Å². The normalized spacial score (nSPS) is 36.4. The van der Waals surface area contributed by atoms with Gasteiger partial charge in [-0.1, -0.05) is 12.8 Å². The minimum atomic E-state index is -0.428. The Hall–Kier alpha value is -0.120. The summed E-state index contributed by atoms with van der Waals surface area (Å²) in [6.45, 7) is 3.70. The summed E-state index contributed by atoms with van der Waals surface area (Å²) >= 11 is 0. The first-order valence-electron chi connectivity index (χ1n) is 5.77. The van der Waals surface area contributed by atoms with Gasteiger partial charge in [0.05, 0.1) is 11.7 Å². The quantitative estimate of drug-likeness (QED) is 0.714. The van der Waals surface area contributed by atoms with E-state index in [1.54, 1.807) is 0 Å². The minimum absolute atomic E-state index is 0.306. The van der Waals surface area contributed by atoms with Crippen LogP contribution in [-0.2, 0) is 4.74 Å². The van der Waals surface area contributed by atoms with Gasteiger partial charge in [-0.15, -0.1) is 0 Å². The lowest BCUT2D eigenvalue weighted by molar-refractivity contribution is 0.0402. The average Bonchev–Trinajstić information content (AvgIpc) is 2.73. The van der Waals surface area contributed by atoms with Crippen LogP contribution in [0.5, 0.6) is 0 Å². The van der Waals surface area contributed by atoms with Crippen LogP contribution in [0, 0.1) is 0 Å². The topological polar surface area (TPSA) is 41.5 Å². The molecule has 3 heteroatoms. The van der Waals surface area contributed by atoms with E-state index in [9.17, 15) is 5.11 Å². The SMILES string of the molecule is C[C@H]1OCC[C@H]1NCC1(O)CCCC1. The van der Waals surface area contributed by atoms with Crippen LogP contribution >= 0.6 is 0 Å².